The van der Waals surface area contributed by atoms with Gasteiger partial charge in [0.25, 0.3) is 0 Å². The topological polar surface area (TPSA) is 66.4 Å². The average Bonchev–Trinajstić information content (AvgIpc) is 2.20. The molecule has 0 unspecified atom stereocenters. The van der Waals surface area contributed by atoms with Crippen LogP contribution in [0.1, 0.15) is 19.8 Å². The van der Waals surface area contributed by atoms with E-state index in [-0.39, 0.29) is 24.7 Å². The molecule has 98 valence electrons. The second-order valence-electron chi connectivity index (χ2n) is 4.08. The van der Waals surface area contributed by atoms with E-state index in [0.717, 1.165) is 0 Å². The fourth-order valence-corrected chi connectivity index (χ4v) is 1.93. The van der Waals surface area contributed by atoms with Gasteiger partial charge in [-0.2, -0.15) is 0 Å². The second-order valence-corrected chi connectivity index (χ2v) is 4.92. The predicted molar refractivity (Wildman–Crippen MR) is 71.1 cm³/mol. The third kappa shape index (κ3) is 4.94. The number of benzene rings is 1. The van der Waals surface area contributed by atoms with Crippen LogP contribution < -0.4 is 5.32 Å². The van der Waals surface area contributed by atoms with Crippen LogP contribution in [0.2, 0.25) is 10.0 Å². The van der Waals surface area contributed by atoms with E-state index in [4.69, 9.17) is 28.3 Å². The molecular formula is C12H13Cl2NO3. The Balaban J connectivity index is 2.56. The summed E-state index contributed by atoms with van der Waals surface area (Å²) >= 11 is 11.6. The molecule has 4 nitrogen and oxygen atoms in total. The lowest BCUT2D eigenvalue weighted by molar-refractivity contribution is -0.138. The highest BCUT2D eigenvalue weighted by atomic mass is 35.5. The zero-order valence-corrected chi connectivity index (χ0v) is 11.3. The molecule has 6 heteroatoms. The summed E-state index contributed by atoms with van der Waals surface area (Å²) < 4.78 is 0. The van der Waals surface area contributed by atoms with Gasteiger partial charge in [0.05, 0.1) is 10.7 Å². The van der Waals surface area contributed by atoms with Crippen LogP contribution in [0.4, 0.5) is 5.69 Å². The number of halogens is 2. The lowest BCUT2D eigenvalue weighted by Crippen LogP contribution is -2.17. The van der Waals surface area contributed by atoms with Crippen LogP contribution in [0, 0.1) is 5.92 Å². The highest BCUT2D eigenvalue weighted by Gasteiger charge is 2.13. The Morgan fingerprint density at radius 1 is 1.33 bits per heavy atom. The summed E-state index contributed by atoms with van der Waals surface area (Å²) in [7, 11) is 0. The Morgan fingerprint density at radius 2 is 2.00 bits per heavy atom. The van der Waals surface area contributed by atoms with Crippen LogP contribution in [0.5, 0.6) is 0 Å². The number of carboxylic acids is 1. The molecule has 0 aliphatic heterocycles. The third-order valence-electron chi connectivity index (χ3n) is 2.26. The molecule has 1 atom stereocenters. The number of carboxylic acid groups (broad SMARTS) is 1. The van der Waals surface area contributed by atoms with Crippen LogP contribution in [-0.4, -0.2) is 17.0 Å². The molecule has 0 bridgehead atoms. The Kier molecular flexibility index (Phi) is 5.44. The normalized spacial score (nSPS) is 11.9. The van der Waals surface area contributed by atoms with E-state index in [1.807, 2.05) is 0 Å². The van der Waals surface area contributed by atoms with Crippen molar-refractivity contribution in [1.29, 1.82) is 0 Å². The van der Waals surface area contributed by atoms with Gasteiger partial charge in [-0.05, 0) is 24.1 Å². The molecule has 0 fully saturated rings. The van der Waals surface area contributed by atoms with Gasteiger partial charge in [-0.25, -0.2) is 0 Å². The van der Waals surface area contributed by atoms with Gasteiger partial charge in [0.2, 0.25) is 5.91 Å². The Labute approximate surface area is 115 Å². The molecule has 1 aromatic carbocycles. The van der Waals surface area contributed by atoms with Gasteiger partial charge >= 0.3 is 5.97 Å². The minimum atomic E-state index is -0.917. The maximum atomic E-state index is 11.6. The first-order valence-corrected chi connectivity index (χ1v) is 6.10. The lowest BCUT2D eigenvalue weighted by atomic mass is 10.0. The Morgan fingerprint density at radius 3 is 2.56 bits per heavy atom. The minimum Gasteiger partial charge on any atom is -0.481 e. The molecule has 1 amide bonds. The second kappa shape index (κ2) is 6.61. The number of amides is 1. The largest absolute Gasteiger partial charge is 0.481 e. The zero-order chi connectivity index (χ0) is 13.7. The highest BCUT2D eigenvalue weighted by Crippen LogP contribution is 2.25. The average molecular weight is 290 g/mol. The van der Waals surface area contributed by atoms with Gasteiger partial charge in [0.1, 0.15) is 0 Å². The molecule has 0 heterocycles. The SMILES string of the molecule is C[C@H](CC(=O)O)CC(=O)Nc1ccc(Cl)cc1Cl. The van der Waals surface area contributed by atoms with Crippen molar-refractivity contribution in [3.8, 4) is 0 Å². The van der Waals surface area contributed by atoms with E-state index in [0.29, 0.717) is 15.7 Å². The van der Waals surface area contributed by atoms with Gasteiger partial charge in [-0.15, -0.1) is 0 Å². The first-order chi connectivity index (χ1) is 8.38. The quantitative estimate of drug-likeness (QED) is 0.873. The maximum absolute atomic E-state index is 11.6. The van der Waals surface area contributed by atoms with Gasteiger partial charge < -0.3 is 10.4 Å². The van der Waals surface area contributed by atoms with Crippen molar-refractivity contribution in [2.75, 3.05) is 5.32 Å². The van der Waals surface area contributed by atoms with Crippen molar-refractivity contribution in [1.82, 2.24) is 0 Å². The van der Waals surface area contributed by atoms with E-state index in [9.17, 15) is 9.59 Å². The minimum absolute atomic E-state index is 0.0399. The Bertz CT molecular complexity index is 463. The van der Waals surface area contributed by atoms with Crippen molar-refractivity contribution in [3.63, 3.8) is 0 Å². The highest BCUT2D eigenvalue weighted by molar-refractivity contribution is 6.36. The van der Waals surface area contributed by atoms with E-state index in [2.05, 4.69) is 5.32 Å². The van der Waals surface area contributed by atoms with Crippen LogP contribution >= 0.6 is 23.2 Å². The summed E-state index contributed by atoms with van der Waals surface area (Å²) in [5.74, 6) is -1.42. The number of aliphatic carboxylic acids is 1. The van der Waals surface area contributed by atoms with E-state index < -0.39 is 5.97 Å². The molecule has 1 rings (SSSR count). The van der Waals surface area contributed by atoms with Gasteiger partial charge in [-0.1, -0.05) is 30.1 Å². The number of hydrogen-bond donors (Lipinski definition) is 2. The number of hydrogen-bond acceptors (Lipinski definition) is 2. The summed E-state index contributed by atoms with van der Waals surface area (Å²) in [5, 5.41) is 12.0. The molecule has 0 saturated carbocycles. The first-order valence-electron chi connectivity index (χ1n) is 5.35. The Hall–Kier alpha value is -1.26. The third-order valence-corrected chi connectivity index (χ3v) is 2.81. The fourth-order valence-electron chi connectivity index (χ4n) is 1.48. The summed E-state index contributed by atoms with van der Waals surface area (Å²) in [6, 6.07) is 4.74. The molecular weight excluding hydrogens is 277 g/mol. The summed E-state index contributed by atoms with van der Waals surface area (Å²) in [4.78, 5) is 22.1. The van der Waals surface area contributed by atoms with Crippen molar-refractivity contribution in [2.24, 2.45) is 5.92 Å². The molecule has 0 radical (unpaired) electrons. The van der Waals surface area contributed by atoms with Crippen molar-refractivity contribution in [3.05, 3.63) is 28.2 Å². The lowest BCUT2D eigenvalue weighted by Gasteiger charge is -2.10. The van der Waals surface area contributed by atoms with E-state index >= 15 is 0 Å². The van der Waals surface area contributed by atoms with Crippen molar-refractivity contribution in [2.45, 2.75) is 19.8 Å². The number of carbonyl (C=O) groups excluding carboxylic acids is 1. The number of anilines is 1. The molecule has 0 aliphatic rings. The number of rotatable bonds is 5. The van der Waals surface area contributed by atoms with Gasteiger partial charge in [-0.3, -0.25) is 9.59 Å². The molecule has 1 aromatic rings. The van der Waals surface area contributed by atoms with E-state index in [1.54, 1.807) is 19.1 Å². The maximum Gasteiger partial charge on any atom is 0.303 e. The van der Waals surface area contributed by atoms with Gasteiger partial charge in [0, 0.05) is 17.9 Å². The summed E-state index contributed by atoms with van der Waals surface area (Å²) in [6.45, 7) is 1.71. The van der Waals surface area contributed by atoms with Crippen LogP contribution in [0.3, 0.4) is 0 Å². The summed E-state index contributed by atoms with van der Waals surface area (Å²) in [5.41, 5.74) is 0.466. The summed E-state index contributed by atoms with van der Waals surface area (Å²) in [6.07, 6.45) is 0.0903. The van der Waals surface area contributed by atoms with Crippen LogP contribution in [0.25, 0.3) is 0 Å². The molecule has 18 heavy (non-hydrogen) atoms. The molecule has 0 aliphatic carbocycles. The smallest absolute Gasteiger partial charge is 0.303 e. The predicted octanol–water partition coefficient (Wildman–Crippen LogP) is 3.43. The monoisotopic (exact) mass is 289 g/mol. The van der Waals surface area contributed by atoms with Crippen molar-refractivity contribution < 1.29 is 14.7 Å². The van der Waals surface area contributed by atoms with E-state index in [1.165, 1.54) is 6.07 Å². The molecule has 0 spiro atoms. The number of nitrogens with one attached hydrogen (secondary N) is 1. The molecule has 2 N–H and O–H groups in total. The molecule has 0 aromatic heterocycles. The zero-order valence-electron chi connectivity index (χ0n) is 9.74. The fraction of sp³-hybridized carbons (Fsp3) is 0.333. The van der Waals surface area contributed by atoms with Crippen LogP contribution in [-0.2, 0) is 9.59 Å². The number of carbonyl (C=O) groups is 2. The van der Waals surface area contributed by atoms with Crippen LogP contribution in [0.15, 0.2) is 18.2 Å². The van der Waals surface area contributed by atoms with Gasteiger partial charge in [0.15, 0.2) is 0 Å². The first kappa shape index (κ1) is 14.8. The standard InChI is InChI=1S/C12H13Cl2NO3/c1-7(5-12(17)18)4-11(16)15-10-3-2-8(13)6-9(10)14/h2-3,6-7H,4-5H2,1H3,(H,15,16)(H,17,18)/t7-/m0/s1. The molecule has 0 saturated heterocycles. The van der Waals surface area contributed by atoms with Crippen molar-refractivity contribution >= 4 is 40.8 Å².